The molecule has 0 heterocycles. The van der Waals surface area contributed by atoms with E-state index >= 15 is 0 Å². The molecule has 0 aliphatic carbocycles. The maximum atomic E-state index is 11.7. The standard InChI is InChI=1S/C9H6F2O3/c10-9(11)14-7-3-1-6(2-4-7)8(13)5-12/h1-5,9H. The Balaban J connectivity index is 2.78. The van der Waals surface area contributed by atoms with Crippen molar-refractivity contribution in [3.05, 3.63) is 29.8 Å². The zero-order valence-electron chi connectivity index (χ0n) is 6.94. The molecule has 0 aromatic heterocycles. The molecular weight excluding hydrogens is 194 g/mol. The van der Waals surface area contributed by atoms with E-state index in [1.54, 1.807) is 0 Å². The first kappa shape index (κ1) is 10.3. The second kappa shape index (κ2) is 4.45. The fourth-order valence-corrected chi connectivity index (χ4v) is 0.869. The van der Waals surface area contributed by atoms with Crippen LogP contribution in [0, 0.1) is 0 Å². The minimum Gasteiger partial charge on any atom is -0.435 e. The fourth-order valence-electron chi connectivity index (χ4n) is 0.869. The molecule has 14 heavy (non-hydrogen) atoms. The Bertz CT molecular complexity index is 332. The van der Waals surface area contributed by atoms with Gasteiger partial charge in [-0.05, 0) is 24.3 Å². The Kier molecular flexibility index (Phi) is 3.28. The molecule has 5 heteroatoms. The number of carbonyl (C=O) groups is 2. The second-order valence-corrected chi connectivity index (χ2v) is 2.38. The van der Waals surface area contributed by atoms with Crippen molar-refractivity contribution >= 4 is 12.1 Å². The van der Waals surface area contributed by atoms with Gasteiger partial charge in [0.2, 0.25) is 5.78 Å². The molecule has 0 aliphatic rings. The molecule has 0 unspecified atom stereocenters. The monoisotopic (exact) mass is 200 g/mol. The normalized spacial score (nSPS) is 9.93. The lowest BCUT2D eigenvalue weighted by molar-refractivity contribution is -0.104. The van der Waals surface area contributed by atoms with Crippen LogP contribution in [0.5, 0.6) is 5.75 Å². The highest BCUT2D eigenvalue weighted by atomic mass is 19.3. The summed E-state index contributed by atoms with van der Waals surface area (Å²) in [6.45, 7) is -2.90. The van der Waals surface area contributed by atoms with Gasteiger partial charge in [-0.2, -0.15) is 8.78 Å². The molecule has 0 saturated carbocycles. The van der Waals surface area contributed by atoms with Crippen molar-refractivity contribution in [3.63, 3.8) is 0 Å². The third-order valence-electron chi connectivity index (χ3n) is 1.47. The second-order valence-electron chi connectivity index (χ2n) is 2.38. The number of Topliss-reactive ketones (excluding diaryl/α,β-unsaturated/α-hetero) is 1. The number of halogens is 2. The lowest BCUT2D eigenvalue weighted by atomic mass is 10.1. The number of benzene rings is 1. The lowest BCUT2D eigenvalue weighted by Crippen LogP contribution is -2.03. The third-order valence-corrected chi connectivity index (χ3v) is 1.47. The molecule has 0 saturated heterocycles. The minimum absolute atomic E-state index is 0.0533. The molecule has 0 spiro atoms. The summed E-state index contributed by atoms with van der Waals surface area (Å²) < 4.78 is 27.5. The molecule has 0 bridgehead atoms. The molecule has 0 atom stereocenters. The Morgan fingerprint density at radius 2 is 1.86 bits per heavy atom. The number of hydrogen-bond acceptors (Lipinski definition) is 3. The van der Waals surface area contributed by atoms with Crippen LogP contribution in [-0.2, 0) is 4.79 Å². The Morgan fingerprint density at radius 1 is 1.29 bits per heavy atom. The third kappa shape index (κ3) is 2.62. The largest absolute Gasteiger partial charge is 0.435 e. The summed E-state index contributed by atoms with van der Waals surface area (Å²) >= 11 is 0. The number of carbonyl (C=O) groups excluding carboxylic acids is 2. The molecule has 0 fully saturated rings. The van der Waals surface area contributed by atoms with Crippen LogP contribution < -0.4 is 4.74 Å². The van der Waals surface area contributed by atoms with Gasteiger partial charge in [0.05, 0.1) is 0 Å². The van der Waals surface area contributed by atoms with Crippen molar-refractivity contribution in [2.75, 3.05) is 0 Å². The van der Waals surface area contributed by atoms with E-state index in [9.17, 15) is 18.4 Å². The SMILES string of the molecule is O=CC(=O)c1ccc(OC(F)F)cc1. The van der Waals surface area contributed by atoms with Gasteiger partial charge in [0.15, 0.2) is 6.29 Å². The average Bonchev–Trinajstić information content (AvgIpc) is 2.17. The summed E-state index contributed by atoms with van der Waals surface area (Å²) in [5, 5.41) is 0. The van der Waals surface area contributed by atoms with Gasteiger partial charge in [0.1, 0.15) is 5.75 Å². The predicted molar refractivity (Wildman–Crippen MR) is 43.5 cm³/mol. The van der Waals surface area contributed by atoms with E-state index in [4.69, 9.17) is 0 Å². The van der Waals surface area contributed by atoms with Crippen LogP contribution in [0.2, 0.25) is 0 Å². The first-order valence-electron chi connectivity index (χ1n) is 3.68. The highest BCUT2D eigenvalue weighted by Gasteiger charge is 2.06. The summed E-state index contributed by atoms with van der Waals surface area (Å²) in [6, 6.07) is 4.88. The van der Waals surface area contributed by atoms with E-state index in [0.29, 0.717) is 0 Å². The van der Waals surface area contributed by atoms with Gasteiger partial charge in [-0.15, -0.1) is 0 Å². The Morgan fingerprint density at radius 3 is 2.29 bits per heavy atom. The zero-order valence-corrected chi connectivity index (χ0v) is 6.94. The van der Waals surface area contributed by atoms with Crippen LogP contribution in [0.1, 0.15) is 10.4 Å². The number of hydrogen-bond donors (Lipinski definition) is 0. The molecule has 74 valence electrons. The Hall–Kier alpha value is -1.78. The first-order valence-corrected chi connectivity index (χ1v) is 3.68. The van der Waals surface area contributed by atoms with Gasteiger partial charge in [0, 0.05) is 5.56 Å². The van der Waals surface area contributed by atoms with Gasteiger partial charge in [-0.3, -0.25) is 9.59 Å². The fraction of sp³-hybridized carbons (Fsp3) is 0.111. The summed E-state index contributed by atoms with van der Waals surface area (Å²) in [4.78, 5) is 20.9. The van der Waals surface area contributed by atoms with Crippen molar-refractivity contribution in [2.45, 2.75) is 6.61 Å². The van der Waals surface area contributed by atoms with Crippen molar-refractivity contribution < 1.29 is 23.1 Å². The summed E-state index contributed by atoms with van der Waals surface area (Å²) in [5.41, 5.74) is 0.140. The van der Waals surface area contributed by atoms with Gasteiger partial charge < -0.3 is 4.74 Å². The van der Waals surface area contributed by atoms with E-state index in [-0.39, 0.29) is 17.6 Å². The zero-order chi connectivity index (χ0) is 10.6. The van der Waals surface area contributed by atoms with Crippen LogP contribution in [0.25, 0.3) is 0 Å². The number of aldehydes is 1. The molecule has 1 aromatic rings. The van der Waals surface area contributed by atoms with E-state index < -0.39 is 12.4 Å². The van der Waals surface area contributed by atoms with Gasteiger partial charge in [-0.25, -0.2) is 0 Å². The number of rotatable bonds is 4. The van der Waals surface area contributed by atoms with E-state index in [1.807, 2.05) is 0 Å². The highest BCUT2D eigenvalue weighted by Crippen LogP contribution is 2.14. The number of ketones is 1. The molecule has 0 aliphatic heterocycles. The molecule has 3 nitrogen and oxygen atoms in total. The minimum atomic E-state index is -2.90. The summed E-state index contributed by atoms with van der Waals surface area (Å²) in [6.07, 6.45) is 0.156. The highest BCUT2D eigenvalue weighted by molar-refractivity contribution is 6.33. The maximum absolute atomic E-state index is 11.7. The molecular formula is C9H6F2O3. The molecule has 0 radical (unpaired) electrons. The summed E-state index contributed by atoms with van der Waals surface area (Å²) in [7, 11) is 0. The quantitative estimate of drug-likeness (QED) is 0.421. The lowest BCUT2D eigenvalue weighted by Gasteiger charge is -2.03. The van der Waals surface area contributed by atoms with Crippen molar-refractivity contribution in [1.29, 1.82) is 0 Å². The topological polar surface area (TPSA) is 43.4 Å². The van der Waals surface area contributed by atoms with E-state index in [2.05, 4.69) is 4.74 Å². The van der Waals surface area contributed by atoms with Crippen molar-refractivity contribution in [3.8, 4) is 5.75 Å². The van der Waals surface area contributed by atoms with Crippen molar-refractivity contribution in [1.82, 2.24) is 0 Å². The van der Waals surface area contributed by atoms with E-state index in [1.165, 1.54) is 24.3 Å². The average molecular weight is 200 g/mol. The number of ether oxygens (including phenoxy) is 1. The Labute approximate surface area is 78.3 Å². The van der Waals surface area contributed by atoms with Crippen LogP contribution >= 0.6 is 0 Å². The number of alkyl halides is 2. The molecule has 1 aromatic carbocycles. The van der Waals surface area contributed by atoms with E-state index in [0.717, 1.165) is 0 Å². The van der Waals surface area contributed by atoms with Crippen LogP contribution in [0.4, 0.5) is 8.78 Å². The van der Waals surface area contributed by atoms with Gasteiger partial charge in [0.25, 0.3) is 0 Å². The smallest absolute Gasteiger partial charge is 0.387 e. The first-order chi connectivity index (χ1) is 6.63. The van der Waals surface area contributed by atoms with Gasteiger partial charge in [-0.1, -0.05) is 0 Å². The summed E-state index contributed by atoms with van der Waals surface area (Å²) in [5.74, 6) is -0.754. The van der Waals surface area contributed by atoms with Crippen LogP contribution in [0.15, 0.2) is 24.3 Å². The molecule has 0 amide bonds. The molecule has 0 N–H and O–H groups in total. The predicted octanol–water partition coefficient (Wildman–Crippen LogP) is 1.67. The van der Waals surface area contributed by atoms with Crippen molar-refractivity contribution in [2.24, 2.45) is 0 Å². The van der Waals surface area contributed by atoms with Crippen LogP contribution in [-0.4, -0.2) is 18.7 Å². The van der Waals surface area contributed by atoms with Crippen LogP contribution in [0.3, 0.4) is 0 Å². The molecule has 1 rings (SSSR count). The maximum Gasteiger partial charge on any atom is 0.387 e. The van der Waals surface area contributed by atoms with Gasteiger partial charge >= 0.3 is 6.61 Å².